The predicted octanol–water partition coefficient (Wildman–Crippen LogP) is 2.31. The van der Waals surface area contributed by atoms with Crippen LogP contribution in [0.15, 0.2) is 46.4 Å². The molecule has 0 radical (unpaired) electrons. The van der Waals surface area contributed by atoms with E-state index in [1.807, 2.05) is 0 Å². The third kappa shape index (κ3) is 3.40. The number of benzene rings is 1. The molecule has 2 N–H and O–H groups in total. The van der Waals surface area contributed by atoms with Crippen LogP contribution < -0.4 is 5.73 Å². The quantitative estimate of drug-likeness (QED) is 0.443. The van der Waals surface area contributed by atoms with Crippen molar-refractivity contribution in [3.05, 3.63) is 72.2 Å². The Morgan fingerprint density at radius 1 is 1.29 bits per heavy atom. The Morgan fingerprint density at radius 3 is 2.54 bits per heavy atom. The Hall–Kier alpha value is -3.08. The lowest BCUT2D eigenvalue weighted by molar-refractivity contribution is -0.431. The van der Waals surface area contributed by atoms with Gasteiger partial charge in [-0.25, -0.2) is 4.79 Å². The van der Waals surface area contributed by atoms with Crippen LogP contribution in [0.2, 0.25) is 0 Å². The Balaban J connectivity index is 2.21. The third-order valence-corrected chi connectivity index (χ3v) is 5.68. The van der Waals surface area contributed by atoms with E-state index in [1.165, 1.54) is 36.0 Å². The normalized spacial score (nSPS) is 19.3. The largest absolute Gasteiger partial charge is 0.463 e. The summed E-state index contributed by atoms with van der Waals surface area (Å²) in [6, 6.07) is 5.30. The summed E-state index contributed by atoms with van der Waals surface area (Å²) in [5.41, 5.74) is 6.28. The Morgan fingerprint density at radius 2 is 1.96 bits per heavy atom. The van der Waals surface area contributed by atoms with Crippen molar-refractivity contribution in [1.82, 2.24) is 4.90 Å². The molecule has 0 bridgehead atoms. The molecule has 28 heavy (non-hydrogen) atoms. The Kier molecular flexibility index (Phi) is 5.54. The standard InChI is InChI=1S/C17H18N4O6S/c1-2-27-17(22)13-12(10-4-6-11(7-5-10)20(23)24)14(21(25)26)16-19(15(13)18)8-3-9-28-16/h4-7,12H,2-3,8-9,18H2,1H3. The predicted molar refractivity (Wildman–Crippen MR) is 101 cm³/mol. The number of rotatable bonds is 5. The molecule has 0 amide bonds. The second-order valence-electron chi connectivity index (χ2n) is 6.10. The van der Waals surface area contributed by atoms with Gasteiger partial charge in [0.25, 0.3) is 11.4 Å². The van der Waals surface area contributed by atoms with Crippen LogP contribution in [0, 0.1) is 20.2 Å². The number of ether oxygens (including phenoxy) is 1. The molecule has 0 aliphatic carbocycles. The van der Waals surface area contributed by atoms with Gasteiger partial charge in [0.1, 0.15) is 11.7 Å². The topological polar surface area (TPSA) is 142 Å². The van der Waals surface area contributed by atoms with E-state index in [0.29, 0.717) is 22.9 Å². The number of nitro benzene ring substituents is 1. The monoisotopic (exact) mass is 406 g/mol. The fourth-order valence-electron chi connectivity index (χ4n) is 3.29. The molecule has 2 aliphatic rings. The number of nitrogens with two attached hydrogens (primary N) is 1. The molecule has 1 unspecified atom stereocenters. The fourth-order valence-corrected chi connectivity index (χ4v) is 4.45. The average molecular weight is 406 g/mol. The van der Waals surface area contributed by atoms with E-state index in [1.54, 1.807) is 11.8 Å². The first kappa shape index (κ1) is 19.7. The van der Waals surface area contributed by atoms with E-state index in [-0.39, 0.29) is 29.4 Å². The van der Waals surface area contributed by atoms with Gasteiger partial charge in [0, 0.05) is 24.4 Å². The number of carbonyl (C=O) groups is 1. The van der Waals surface area contributed by atoms with Crippen LogP contribution in [0.3, 0.4) is 0 Å². The van der Waals surface area contributed by atoms with Crippen molar-refractivity contribution < 1.29 is 19.4 Å². The number of fused-ring (bicyclic) bond motifs is 1. The number of hydrogen-bond acceptors (Lipinski definition) is 9. The number of esters is 1. The van der Waals surface area contributed by atoms with Crippen molar-refractivity contribution in [1.29, 1.82) is 0 Å². The second kappa shape index (κ2) is 7.89. The lowest BCUT2D eigenvalue weighted by atomic mass is 9.86. The van der Waals surface area contributed by atoms with Crippen molar-refractivity contribution in [2.75, 3.05) is 18.9 Å². The average Bonchev–Trinajstić information content (AvgIpc) is 2.67. The summed E-state index contributed by atoms with van der Waals surface area (Å²) in [7, 11) is 0. The molecule has 1 aromatic carbocycles. The molecule has 0 saturated carbocycles. The van der Waals surface area contributed by atoms with Gasteiger partial charge in [-0.1, -0.05) is 12.1 Å². The maximum atomic E-state index is 12.7. The molecule has 2 aliphatic heterocycles. The molecule has 1 atom stereocenters. The number of nitrogens with zero attached hydrogens (tertiary/aromatic N) is 3. The summed E-state index contributed by atoms with van der Waals surface area (Å²) in [6.45, 7) is 2.17. The number of allylic oxidation sites excluding steroid dienone is 1. The van der Waals surface area contributed by atoms with E-state index < -0.39 is 21.7 Å². The summed E-state index contributed by atoms with van der Waals surface area (Å²) >= 11 is 1.31. The van der Waals surface area contributed by atoms with Gasteiger partial charge in [-0.05, 0) is 18.9 Å². The van der Waals surface area contributed by atoms with Crippen molar-refractivity contribution in [3.8, 4) is 0 Å². The van der Waals surface area contributed by atoms with Gasteiger partial charge in [0.2, 0.25) is 0 Å². The number of nitro groups is 2. The minimum Gasteiger partial charge on any atom is -0.463 e. The second-order valence-corrected chi connectivity index (χ2v) is 7.19. The first-order valence-electron chi connectivity index (χ1n) is 8.56. The summed E-state index contributed by atoms with van der Waals surface area (Å²) < 4.78 is 5.11. The molecule has 1 saturated heterocycles. The van der Waals surface area contributed by atoms with Gasteiger partial charge >= 0.3 is 5.97 Å². The van der Waals surface area contributed by atoms with Crippen LogP contribution in [-0.2, 0) is 9.53 Å². The Labute approximate surface area is 164 Å². The Bertz CT molecular complexity index is 895. The van der Waals surface area contributed by atoms with Crippen LogP contribution in [0.25, 0.3) is 0 Å². The SMILES string of the molecule is CCOC(=O)C1=C(N)N2CCCSC2=C([N+](=O)[O-])C1c1ccc([N+](=O)[O-])cc1. The fraction of sp³-hybridized carbons (Fsp3) is 0.353. The van der Waals surface area contributed by atoms with Crippen LogP contribution in [0.5, 0.6) is 0 Å². The third-order valence-electron chi connectivity index (χ3n) is 4.49. The molecule has 1 aromatic rings. The zero-order chi connectivity index (χ0) is 20.4. The highest BCUT2D eigenvalue weighted by Crippen LogP contribution is 2.46. The number of hydrogen-bond donors (Lipinski definition) is 1. The lowest BCUT2D eigenvalue weighted by Gasteiger charge is -2.37. The van der Waals surface area contributed by atoms with Gasteiger partial charge in [-0.2, -0.15) is 0 Å². The smallest absolute Gasteiger partial charge is 0.338 e. The summed E-state index contributed by atoms with van der Waals surface area (Å²) in [6.07, 6.45) is 0.762. The van der Waals surface area contributed by atoms with Gasteiger partial charge in [-0.3, -0.25) is 20.2 Å². The molecule has 3 rings (SSSR count). The van der Waals surface area contributed by atoms with Crippen molar-refractivity contribution >= 4 is 23.4 Å². The molecule has 10 nitrogen and oxygen atoms in total. The number of carbonyl (C=O) groups excluding carboxylic acids is 1. The molecular formula is C17H18N4O6S. The number of non-ortho nitro benzene ring substituents is 1. The molecule has 0 aromatic heterocycles. The lowest BCUT2D eigenvalue weighted by Crippen LogP contribution is -2.40. The molecule has 2 heterocycles. The molecule has 148 valence electrons. The summed E-state index contributed by atoms with van der Waals surface area (Å²) in [4.78, 5) is 36.1. The zero-order valence-electron chi connectivity index (χ0n) is 15.0. The minimum atomic E-state index is -1.08. The molecular weight excluding hydrogens is 388 g/mol. The molecule has 0 spiro atoms. The van der Waals surface area contributed by atoms with Gasteiger partial charge in [-0.15, -0.1) is 11.8 Å². The van der Waals surface area contributed by atoms with E-state index >= 15 is 0 Å². The molecule has 11 heteroatoms. The highest BCUT2D eigenvalue weighted by molar-refractivity contribution is 8.03. The van der Waals surface area contributed by atoms with Crippen molar-refractivity contribution in [3.63, 3.8) is 0 Å². The first-order chi connectivity index (χ1) is 13.4. The minimum absolute atomic E-state index is 0.0198. The van der Waals surface area contributed by atoms with E-state index in [2.05, 4.69) is 0 Å². The van der Waals surface area contributed by atoms with Crippen molar-refractivity contribution in [2.45, 2.75) is 19.3 Å². The molecule has 1 fully saturated rings. The van der Waals surface area contributed by atoms with Crippen LogP contribution >= 0.6 is 11.8 Å². The van der Waals surface area contributed by atoms with E-state index in [9.17, 15) is 25.0 Å². The summed E-state index contributed by atoms with van der Waals surface area (Å²) in [5, 5.41) is 23.3. The zero-order valence-corrected chi connectivity index (χ0v) is 15.8. The van der Waals surface area contributed by atoms with Crippen LogP contribution in [-0.4, -0.2) is 39.6 Å². The highest BCUT2D eigenvalue weighted by Gasteiger charge is 2.46. The number of thioether (sulfide) groups is 1. The van der Waals surface area contributed by atoms with Gasteiger partial charge in [0.15, 0.2) is 5.03 Å². The van der Waals surface area contributed by atoms with Gasteiger partial charge in [0.05, 0.1) is 22.0 Å². The van der Waals surface area contributed by atoms with Crippen LogP contribution in [0.1, 0.15) is 24.8 Å². The van der Waals surface area contributed by atoms with E-state index in [0.717, 1.165) is 6.42 Å². The van der Waals surface area contributed by atoms with Crippen molar-refractivity contribution in [2.24, 2.45) is 5.73 Å². The van der Waals surface area contributed by atoms with E-state index in [4.69, 9.17) is 10.5 Å². The van der Waals surface area contributed by atoms with Gasteiger partial charge < -0.3 is 15.4 Å². The van der Waals surface area contributed by atoms with Crippen LogP contribution in [0.4, 0.5) is 5.69 Å². The maximum absolute atomic E-state index is 12.7. The first-order valence-corrected chi connectivity index (χ1v) is 9.55. The summed E-state index contributed by atoms with van der Waals surface area (Å²) in [5.74, 6) is -1.00. The highest BCUT2D eigenvalue weighted by atomic mass is 32.2. The maximum Gasteiger partial charge on any atom is 0.338 e.